The highest BCUT2D eigenvalue weighted by Gasteiger charge is 2.29. The molecule has 0 aliphatic carbocycles. The van der Waals surface area contributed by atoms with E-state index < -0.39 is 0 Å². The minimum Gasteiger partial charge on any atom is -0.409 e. The molecule has 1 saturated heterocycles. The number of pyridine rings is 1. The van der Waals surface area contributed by atoms with Crippen molar-refractivity contribution in [3.8, 4) is 0 Å². The summed E-state index contributed by atoms with van der Waals surface area (Å²) in [6.45, 7) is 5.41. The maximum atomic E-state index is 8.85. The zero-order valence-electron chi connectivity index (χ0n) is 10.9. The smallest absolute Gasteiger partial charge is 0.173 e. The van der Waals surface area contributed by atoms with Gasteiger partial charge in [-0.2, -0.15) is 0 Å². The molecule has 5 heteroatoms. The van der Waals surface area contributed by atoms with Crippen molar-refractivity contribution in [3.63, 3.8) is 0 Å². The Morgan fingerprint density at radius 3 is 3.06 bits per heavy atom. The van der Waals surface area contributed by atoms with E-state index in [4.69, 9.17) is 10.9 Å². The van der Waals surface area contributed by atoms with E-state index in [1.807, 2.05) is 6.07 Å². The van der Waals surface area contributed by atoms with Gasteiger partial charge in [0.1, 0.15) is 5.82 Å². The highest BCUT2D eigenvalue weighted by Crippen LogP contribution is 2.30. The van der Waals surface area contributed by atoms with Crippen LogP contribution in [0.3, 0.4) is 0 Å². The fourth-order valence-electron chi connectivity index (χ4n) is 2.63. The normalized spacial score (nSPS) is 20.7. The van der Waals surface area contributed by atoms with Crippen LogP contribution in [0.2, 0.25) is 0 Å². The van der Waals surface area contributed by atoms with Crippen molar-refractivity contribution in [1.29, 1.82) is 0 Å². The topological polar surface area (TPSA) is 74.7 Å². The van der Waals surface area contributed by atoms with Crippen molar-refractivity contribution >= 4 is 11.7 Å². The summed E-state index contributed by atoms with van der Waals surface area (Å²) >= 11 is 0. The van der Waals surface area contributed by atoms with Gasteiger partial charge >= 0.3 is 0 Å². The molecule has 1 aliphatic heterocycles. The second-order valence-corrected chi connectivity index (χ2v) is 5.01. The molecule has 0 radical (unpaired) electrons. The number of anilines is 1. The van der Waals surface area contributed by atoms with Crippen LogP contribution in [0.5, 0.6) is 0 Å². The minimum absolute atomic E-state index is 0.118. The Hall–Kier alpha value is -1.78. The lowest BCUT2D eigenvalue weighted by Gasteiger charge is -2.29. The molecule has 0 bridgehead atoms. The number of nitrogens with zero attached hydrogens (tertiary/aromatic N) is 3. The number of nitrogens with two attached hydrogens (primary N) is 1. The number of rotatable bonds is 3. The van der Waals surface area contributed by atoms with Crippen LogP contribution >= 0.6 is 0 Å². The molecule has 1 atom stereocenters. The zero-order chi connectivity index (χ0) is 13.1. The molecule has 1 aromatic rings. The van der Waals surface area contributed by atoms with Crippen molar-refractivity contribution in [3.05, 3.63) is 23.9 Å². The van der Waals surface area contributed by atoms with Gasteiger partial charge in [0.25, 0.3) is 0 Å². The predicted molar refractivity (Wildman–Crippen MR) is 72.0 cm³/mol. The van der Waals surface area contributed by atoms with Crippen molar-refractivity contribution in [2.24, 2.45) is 16.8 Å². The van der Waals surface area contributed by atoms with Crippen LogP contribution in [0.15, 0.2) is 23.5 Å². The van der Waals surface area contributed by atoms with Crippen LogP contribution in [0.1, 0.15) is 32.3 Å². The fraction of sp³-hybridized carbons (Fsp3) is 0.538. The van der Waals surface area contributed by atoms with Crippen molar-refractivity contribution in [2.45, 2.75) is 32.7 Å². The van der Waals surface area contributed by atoms with E-state index in [1.165, 1.54) is 6.42 Å². The maximum Gasteiger partial charge on any atom is 0.173 e. The number of hydrogen-bond acceptors (Lipinski definition) is 4. The quantitative estimate of drug-likeness (QED) is 0.370. The average molecular weight is 248 g/mol. The van der Waals surface area contributed by atoms with Crippen LogP contribution < -0.4 is 10.6 Å². The van der Waals surface area contributed by atoms with Gasteiger partial charge in [-0.25, -0.2) is 4.98 Å². The number of amidine groups is 1. The van der Waals surface area contributed by atoms with Gasteiger partial charge in [-0.05, 0) is 30.9 Å². The van der Waals surface area contributed by atoms with E-state index in [0.717, 1.165) is 18.8 Å². The molecule has 1 aliphatic rings. The molecule has 3 N–H and O–H groups in total. The summed E-state index contributed by atoms with van der Waals surface area (Å²) in [5, 5.41) is 11.9. The van der Waals surface area contributed by atoms with Crippen LogP contribution in [0, 0.1) is 5.92 Å². The standard InChI is InChI=1S/C13H20N4O/c1-9(2)11-6-4-8-17(11)13-10(12(14)16-18)5-3-7-15-13/h3,5,7,9,11,18H,4,6,8H2,1-2H3,(H2,14,16). The molecular weight excluding hydrogens is 228 g/mol. The minimum atomic E-state index is 0.118. The lowest BCUT2D eigenvalue weighted by Crippen LogP contribution is -2.35. The summed E-state index contributed by atoms with van der Waals surface area (Å²) in [5.41, 5.74) is 6.42. The predicted octanol–water partition coefficient (Wildman–Crippen LogP) is 1.80. The van der Waals surface area contributed by atoms with Gasteiger partial charge in [0.05, 0.1) is 5.56 Å². The molecule has 0 saturated carbocycles. The molecular formula is C13H20N4O. The molecule has 18 heavy (non-hydrogen) atoms. The van der Waals surface area contributed by atoms with Crippen molar-refractivity contribution in [2.75, 3.05) is 11.4 Å². The molecule has 1 fully saturated rings. The molecule has 1 aromatic heterocycles. The zero-order valence-corrected chi connectivity index (χ0v) is 10.9. The third-order valence-electron chi connectivity index (χ3n) is 3.51. The van der Waals surface area contributed by atoms with E-state index in [2.05, 4.69) is 28.9 Å². The molecule has 1 unspecified atom stereocenters. The Bertz CT molecular complexity index is 444. The molecule has 0 spiro atoms. The van der Waals surface area contributed by atoms with Gasteiger partial charge in [-0.1, -0.05) is 19.0 Å². The van der Waals surface area contributed by atoms with E-state index in [1.54, 1.807) is 12.3 Å². The SMILES string of the molecule is CC(C)C1CCCN1c1ncccc1C(N)=NO. The molecule has 0 amide bonds. The largest absolute Gasteiger partial charge is 0.409 e. The Morgan fingerprint density at radius 2 is 2.39 bits per heavy atom. The van der Waals surface area contributed by atoms with E-state index in [0.29, 0.717) is 17.5 Å². The average Bonchev–Trinajstić information content (AvgIpc) is 2.87. The lowest BCUT2D eigenvalue weighted by atomic mass is 10.0. The molecule has 2 rings (SSSR count). The number of oxime groups is 1. The number of aromatic nitrogens is 1. The van der Waals surface area contributed by atoms with Gasteiger partial charge in [-0.3, -0.25) is 0 Å². The summed E-state index contributed by atoms with van der Waals surface area (Å²) < 4.78 is 0. The van der Waals surface area contributed by atoms with Gasteiger partial charge in [0, 0.05) is 18.8 Å². The summed E-state index contributed by atoms with van der Waals surface area (Å²) in [6.07, 6.45) is 4.08. The van der Waals surface area contributed by atoms with Gasteiger partial charge in [0.2, 0.25) is 0 Å². The summed E-state index contributed by atoms with van der Waals surface area (Å²) in [4.78, 5) is 6.69. The highest BCUT2D eigenvalue weighted by molar-refractivity contribution is 6.01. The van der Waals surface area contributed by atoms with Crippen LogP contribution in [-0.4, -0.2) is 28.6 Å². The van der Waals surface area contributed by atoms with Crippen molar-refractivity contribution in [1.82, 2.24) is 4.98 Å². The molecule has 0 aromatic carbocycles. The highest BCUT2D eigenvalue weighted by atomic mass is 16.4. The Kier molecular flexibility index (Phi) is 3.69. The molecule has 5 nitrogen and oxygen atoms in total. The summed E-state index contributed by atoms with van der Waals surface area (Å²) in [7, 11) is 0. The molecule has 98 valence electrons. The van der Waals surface area contributed by atoms with Gasteiger partial charge < -0.3 is 15.8 Å². The first-order valence-corrected chi connectivity index (χ1v) is 6.34. The van der Waals surface area contributed by atoms with Gasteiger partial charge in [-0.15, -0.1) is 0 Å². The van der Waals surface area contributed by atoms with E-state index in [9.17, 15) is 0 Å². The lowest BCUT2D eigenvalue weighted by molar-refractivity contribution is 0.318. The van der Waals surface area contributed by atoms with Crippen LogP contribution in [-0.2, 0) is 0 Å². The van der Waals surface area contributed by atoms with Crippen LogP contribution in [0.4, 0.5) is 5.82 Å². The van der Waals surface area contributed by atoms with E-state index >= 15 is 0 Å². The maximum absolute atomic E-state index is 8.85. The summed E-state index contributed by atoms with van der Waals surface area (Å²) in [6, 6.07) is 4.12. The second-order valence-electron chi connectivity index (χ2n) is 5.01. The monoisotopic (exact) mass is 248 g/mol. The first-order valence-electron chi connectivity index (χ1n) is 6.34. The summed E-state index contributed by atoms with van der Waals surface area (Å²) in [5.74, 6) is 1.51. The third kappa shape index (κ3) is 2.25. The Morgan fingerprint density at radius 1 is 1.61 bits per heavy atom. The number of hydrogen-bond donors (Lipinski definition) is 2. The Labute approximate surface area is 107 Å². The van der Waals surface area contributed by atoms with Gasteiger partial charge in [0.15, 0.2) is 5.84 Å². The fourth-order valence-corrected chi connectivity index (χ4v) is 2.63. The first-order chi connectivity index (χ1) is 8.65. The third-order valence-corrected chi connectivity index (χ3v) is 3.51. The molecule has 2 heterocycles. The van der Waals surface area contributed by atoms with Crippen molar-refractivity contribution < 1.29 is 5.21 Å². The first kappa shape index (κ1) is 12.7. The second kappa shape index (κ2) is 5.25. The van der Waals surface area contributed by atoms with Crippen LogP contribution in [0.25, 0.3) is 0 Å². The van der Waals surface area contributed by atoms with E-state index in [-0.39, 0.29) is 5.84 Å². The Balaban J connectivity index is 2.38.